The molecular formula is C13H16FN3O. The second-order valence-electron chi connectivity index (χ2n) is 4.45. The van der Waals surface area contributed by atoms with Gasteiger partial charge in [0.05, 0.1) is 6.54 Å². The zero-order chi connectivity index (χ0) is 13.0. The summed E-state index contributed by atoms with van der Waals surface area (Å²) in [4.78, 5) is 4.24. The minimum atomic E-state index is -0.252. The highest BCUT2D eigenvalue weighted by molar-refractivity contribution is 5.19. The average molecular weight is 249 g/mol. The Balaban J connectivity index is 1.98. The fourth-order valence-corrected chi connectivity index (χ4v) is 1.55. The molecule has 2 aromatic rings. The van der Waals surface area contributed by atoms with Crippen molar-refractivity contribution in [1.82, 2.24) is 15.5 Å². The Bertz CT molecular complexity index is 510. The smallest absolute Gasteiger partial charge is 0.240 e. The monoisotopic (exact) mass is 249 g/mol. The number of benzene rings is 1. The summed E-state index contributed by atoms with van der Waals surface area (Å²) in [5, 5.41) is 7.06. The maximum Gasteiger partial charge on any atom is 0.240 e. The summed E-state index contributed by atoms with van der Waals surface area (Å²) >= 11 is 0. The fourth-order valence-electron chi connectivity index (χ4n) is 1.55. The zero-order valence-corrected chi connectivity index (χ0v) is 10.5. The van der Waals surface area contributed by atoms with Crippen molar-refractivity contribution in [1.29, 1.82) is 0 Å². The van der Waals surface area contributed by atoms with Crippen LogP contribution in [0.25, 0.3) is 0 Å². The van der Waals surface area contributed by atoms with Crippen LogP contribution in [0.5, 0.6) is 0 Å². The van der Waals surface area contributed by atoms with E-state index in [0.717, 1.165) is 5.56 Å². The number of hydrogen-bond acceptors (Lipinski definition) is 4. The van der Waals surface area contributed by atoms with Crippen LogP contribution in [0.1, 0.15) is 31.1 Å². The van der Waals surface area contributed by atoms with Gasteiger partial charge in [-0.15, -0.1) is 0 Å². The summed E-state index contributed by atoms with van der Waals surface area (Å²) in [6.07, 6.45) is 0.475. The third-order valence-electron chi connectivity index (χ3n) is 2.42. The molecule has 0 atom stereocenters. The summed E-state index contributed by atoms with van der Waals surface area (Å²) < 4.78 is 18.1. The van der Waals surface area contributed by atoms with Crippen molar-refractivity contribution < 1.29 is 8.91 Å². The Hall–Kier alpha value is -1.75. The van der Waals surface area contributed by atoms with Gasteiger partial charge in [-0.3, -0.25) is 0 Å². The van der Waals surface area contributed by atoms with Crippen molar-refractivity contribution in [2.24, 2.45) is 0 Å². The average Bonchev–Trinajstić information content (AvgIpc) is 2.74. The van der Waals surface area contributed by atoms with Crippen molar-refractivity contribution in [2.75, 3.05) is 0 Å². The summed E-state index contributed by atoms with van der Waals surface area (Å²) in [5.41, 5.74) is 0.833. The number of nitrogens with zero attached hydrogens (tertiary/aromatic N) is 2. The summed E-state index contributed by atoms with van der Waals surface area (Å²) in [5.74, 6) is 0.869. The molecule has 96 valence electrons. The standard InChI is InChI=1S/C13H16FN3O/c1-9(2)15-8-13-16-12(17-18-13)7-10-4-3-5-11(14)6-10/h3-6,9,15H,7-8H2,1-2H3. The van der Waals surface area contributed by atoms with Crippen LogP contribution in [0.2, 0.25) is 0 Å². The van der Waals surface area contributed by atoms with Crippen LogP contribution < -0.4 is 5.32 Å². The molecule has 0 saturated heterocycles. The molecule has 1 aromatic heterocycles. The molecule has 1 N–H and O–H groups in total. The van der Waals surface area contributed by atoms with Crippen LogP contribution in [0.15, 0.2) is 28.8 Å². The molecule has 2 rings (SSSR count). The predicted molar refractivity (Wildman–Crippen MR) is 65.5 cm³/mol. The molecular weight excluding hydrogens is 233 g/mol. The van der Waals surface area contributed by atoms with Gasteiger partial charge in [0.25, 0.3) is 0 Å². The van der Waals surface area contributed by atoms with E-state index in [1.165, 1.54) is 12.1 Å². The molecule has 1 heterocycles. The molecule has 1 aromatic carbocycles. The SMILES string of the molecule is CC(C)NCc1nc(Cc2cccc(F)c2)no1. The summed E-state index contributed by atoms with van der Waals surface area (Å²) in [6, 6.07) is 6.76. The lowest BCUT2D eigenvalue weighted by Crippen LogP contribution is -2.21. The Morgan fingerprint density at radius 2 is 2.22 bits per heavy atom. The van der Waals surface area contributed by atoms with Gasteiger partial charge >= 0.3 is 0 Å². The highest BCUT2D eigenvalue weighted by Gasteiger charge is 2.07. The summed E-state index contributed by atoms with van der Waals surface area (Å²) in [6.45, 7) is 4.64. The molecule has 0 radical (unpaired) electrons. The maximum absolute atomic E-state index is 13.0. The lowest BCUT2D eigenvalue weighted by Gasteiger charge is -2.02. The van der Waals surface area contributed by atoms with E-state index in [1.54, 1.807) is 6.07 Å². The van der Waals surface area contributed by atoms with Crippen molar-refractivity contribution in [3.63, 3.8) is 0 Å². The Kier molecular flexibility index (Phi) is 4.04. The second-order valence-corrected chi connectivity index (χ2v) is 4.45. The Labute approximate surface area is 105 Å². The first-order chi connectivity index (χ1) is 8.63. The molecule has 4 nitrogen and oxygen atoms in total. The second kappa shape index (κ2) is 5.73. The van der Waals surface area contributed by atoms with Gasteiger partial charge in [0.2, 0.25) is 5.89 Å². The van der Waals surface area contributed by atoms with E-state index >= 15 is 0 Å². The minimum Gasteiger partial charge on any atom is -0.338 e. The van der Waals surface area contributed by atoms with Crippen molar-refractivity contribution >= 4 is 0 Å². The third kappa shape index (κ3) is 3.63. The van der Waals surface area contributed by atoms with E-state index in [2.05, 4.69) is 15.5 Å². The zero-order valence-electron chi connectivity index (χ0n) is 10.5. The Morgan fingerprint density at radius 3 is 2.94 bits per heavy atom. The number of aromatic nitrogens is 2. The number of rotatable bonds is 5. The lowest BCUT2D eigenvalue weighted by molar-refractivity contribution is 0.358. The van der Waals surface area contributed by atoms with Gasteiger partial charge in [0.1, 0.15) is 5.82 Å². The van der Waals surface area contributed by atoms with Crippen molar-refractivity contribution in [3.8, 4) is 0 Å². The first-order valence-corrected chi connectivity index (χ1v) is 5.93. The molecule has 0 aliphatic heterocycles. The van der Waals surface area contributed by atoms with E-state index in [1.807, 2.05) is 19.9 Å². The van der Waals surface area contributed by atoms with Crippen LogP contribution in [0, 0.1) is 5.82 Å². The summed E-state index contributed by atoms with van der Waals surface area (Å²) in [7, 11) is 0. The molecule has 18 heavy (non-hydrogen) atoms. The van der Waals surface area contributed by atoms with Gasteiger partial charge in [-0.1, -0.05) is 31.1 Å². The van der Waals surface area contributed by atoms with Crippen molar-refractivity contribution in [3.05, 3.63) is 47.4 Å². The van der Waals surface area contributed by atoms with E-state index in [-0.39, 0.29) is 5.82 Å². The number of hydrogen-bond donors (Lipinski definition) is 1. The van der Waals surface area contributed by atoms with Crippen LogP contribution in [0.4, 0.5) is 4.39 Å². The third-order valence-corrected chi connectivity index (χ3v) is 2.42. The molecule has 0 spiro atoms. The highest BCUT2D eigenvalue weighted by Crippen LogP contribution is 2.08. The minimum absolute atomic E-state index is 0.252. The first kappa shape index (κ1) is 12.7. The van der Waals surface area contributed by atoms with E-state index in [4.69, 9.17) is 4.52 Å². The van der Waals surface area contributed by atoms with Crippen LogP contribution in [-0.4, -0.2) is 16.2 Å². The molecule has 0 bridgehead atoms. The van der Waals surface area contributed by atoms with Gasteiger partial charge < -0.3 is 9.84 Å². The van der Waals surface area contributed by atoms with E-state index in [0.29, 0.717) is 30.7 Å². The molecule has 0 aliphatic rings. The van der Waals surface area contributed by atoms with Gasteiger partial charge in [-0.25, -0.2) is 4.39 Å². The first-order valence-electron chi connectivity index (χ1n) is 5.93. The largest absolute Gasteiger partial charge is 0.338 e. The molecule has 0 unspecified atom stereocenters. The van der Waals surface area contributed by atoms with Crippen LogP contribution in [0.3, 0.4) is 0 Å². The van der Waals surface area contributed by atoms with Gasteiger partial charge in [-0.2, -0.15) is 4.98 Å². The fraction of sp³-hybridized carbons (Fsp3) is 0.385. The molecule has 0 saturated carbocycles. The molecule has 0 aliphatic carbocycles. The molecule has 0 amide bonds. The van der Waals surface area contributed by atoms with Gasteiger partial charge in [0.15, 0.2) is 5.82 Å². The topological polar surface area (TPSA) is 51.0 Å². The van der Waals surface area contributed by atoms with Crippen LogP contribution in [-0.2, 0) is 13.0 Å². The maximum atomic E-state index is 13.0. The van der Waals surface area contributed by atoms with E-state index in [9.17, 15) is 4.39 Å². The van der Waals surface area contributed by atoms with Gasteiger partial charge in [-0.05, 0) is 17.7 Å². The number of nitrogens with one attached hydrogen (secondary N) is 1. The Morgan fingerprint density at radius 1 is 1.39 bits per heavy atom. The van der Waals surface area contributed by atoms with E-state index < -0.39 is 0 Å². The van der Waals surface area contributed by atoms with Crippen molar-refractivity contribution in [2.45, 2.75) is 32.9 Å². The molecule has 0 fully saturated rings. The lowest BCUT2D eigenvalue weighted by atomic mass is 10.1. The number of halogens is 1. The van der Waals surface area contributed by atoms with Gasteiger partial charge in [0, 0.05) is 12.5 Å². The normalized spacial score (nSPS) is 11.1. The predicted octanol–water partition coefficient (Wildman–Crippen LogP) is 2.30. The van der Waals surface area contributed by atoms with Crippen LogP contribution >= 0.6 is 0 Å². The highest BCUT2D eigenvalue weighted by atomic mass is 19.1. The molecule has 5 heteroatoms. The quantitative estimate of drug-likeness (QED) is 0.883.